The molecule has 0 bridgehead atoms. The van der Waals surface area contributed by atoms with Crippen LogP contribution >= 0.6 is 0 Å². The van der Waals surface area contributed by atoms with Crippen molar-refractivity contribution in [2.24, 2.45) is 0 Å². The molecular formula is C15H13F3O3. The maximum Gasteiger partial charge on any atom is 0.573 e. The minimum Gasteiger partial charge on any atom is -0.489 e. The van der Waals surface area contributed by atoms with Gasteiger partial charge >= 0.3 is 6.36 Å². The average Bonchev–Trinajstić information content (AvgIpc) is 2.45. The Morgan fingerprint density at radius 3 is 1.86 bits per heavy atom. The Balaban J connectivity index is 1.91. The first kappa shape index (κ1) is 15.2. The third-order valence-electron chi connectivity index (χ3n) is 2.67. The number of benzene rings is 2. The lowest BCUT2D eigenvalue weighted by molar-refractivity contribution is -0.274. The molecule has 0 aliphatic carbocycles. The maximum absolute atomic E-state index is 12.0. The summed E-state index contributed by atoms with van der Waals surface area (Å²) in [5.74, 6) is 0.348. The van der Waals surface area contributed by atoms with Crippen molar-refractivity contribution in [3.05, 3.63) is 59.7 Å². The summed E-state index contributed by atoms with van der Waals surface area (Å²) in [6, 6.07) is 12.4. The molecule has 1 N–H and O–H groups in total. The van der Waals surface area contributed by atoms with Crippen molar-refractivity contribution in [3.63, 3.8) is 0 Å². The van der Waals surface area contributed by atoms with Crippen LogP contribution < -0.4 is 9.47 Å². The van der Waals surface area contributed by atoms with E-state index in [0.717, 1.165) is 11.1 Å². The van der Waals surface area contributed by atoms with Gasteiger partial charge in [-0.25, -0.2) is 0 Å². The van der Waals surface area contributed by atoms with E-state index in [0.29, 0.717) is 5.75 Å². The van der Waals surface area contributed by atoms with Crippen molar-refractivity contribution in [2.75, 3.05) is 0 Å². The van der Waals surface area contributed by atoms with E-state index < -0.39 is 6.36 Å². The predicted octanol–water partition coefficient (Wildman–Crippen LogP) is 3.66. The van der Waals surface area contributed by atoms with E-state index in [1.807, 2.05) is 0 Å². The molecule has 0 fully saturated rings. The largest absolute Gasteiger partial charge is 0.573 e. The minimum atomic E-state index is -4.69. The summed E-state index contributed by atoms with van der Waals surface area (Å²) < 4.78 is 45.3. The second-order valence-corrected chi connectivity index (χ2v) is 4.28. The van der Waals surface area contributed by atoms with Gasteiger partial charge in [-0.2, -0.15) is 0 Å². The summed E-state index contributed by atoms with van der Waals surface area (Å²) in [5.41, 5.74) is 1.49. The van der Waals surface area contributed by atoms with Gasteiger partial charge in [0.1, 0.15) is 18.1 Å². The number of aliphatic hydroxyl groups is 1. The Morgan fingerprint density at radius 1 is 0.810 bits per heavy atom. The number of hydrogen-bond acceptors (Lipinski definition) is 3. The van der Waals surface area contributed by atoms with Crippen LogP contribution in [-0.4, -0.2) is 11.5 Å². The van der Waals surface area contributed by atoms with E-state index in [2.05, 4.69) is 4.74 Å². The molecule has 0 radical (unpaired) electrons. The van der Waals surface area contributed by atoms with Gasteiger partial charge in [0.05, 0.1) is 6.61 Å². The molecule has 0 aliphatic rings. The van der Waals surface area contributed by atoms with Gasteiger partial charge in [0.15, 0.2) is 0 Å². The van der Waals surface area contributed by atoms with Gasteiger partial charge in [-0.3, -0.25) is 0 Å². The highest BCUT2D eigenvalue weighted by Gasteiger charge is 2.30. The van der Waals surface area contributed by atoms with Crippen molar-refractivity contribution < 1.29 is 27.8 Å². The zero-order valence-corrected chi connectivity index (χ0v) is 10.9. The number of halogens is 3. The van der Waals surface area contributed by atoms with Gasteiger partial charge in [-0.05, 0) is 35.4 Å². The molecule has 0 spiro atoms. The molecule has 2 aromatic carbocycles. The molecule has 6 heteroatoms. The Bertz CT molecular complexity index is 562. The first-order valence-corrected chi connectivity index (χ1v) is 6.13. The Morgan fingerprint density at radius 2 is 1.33 bits per heavy atom. The average molecular weight is 298 g/mol. The van der Waals surface area contributed by atoms with Crippen molar-refractivity contribution in [2.45, 2.75) is 19.6 Å². The summed E-state index contributed by atoms with van der Waals surface area (Å²) in [4.78, 5) is 0. The molecule has 0 atom stereocenters. The summed E-state index contributed by atoms with van der Waals surface area (Å²) in [5, 5.41) is 8.91. The van der Waals surface area contributed by atoms with E-state index in [1.54, 1.807) is 24.3 Å². The van der Waals surface area contributed by atoms with Gasteiger partial charge in [-0.15, -0.1) is 13.2 Å². The maximum atomic E-state index is 12.0. The van der Waals surface area contributed by atoms with Gasteiger partial charge in [-0.1, -0.05) is 24.3 Å². The summed E-state index contributed by atoms with van der Waals surface area (Å²) >= 11 is 0. The highest BCUT2D eigenvalue weighted by Crippen LogP contribution is 2.23. The first-order valence-electron chi connectivity index (χ1n) is 6.13. The molecule has 3 nitrogen and oxygen atoms in total. The van der Waals surface area contributed by atoms with Crippen LogP contribution in [0, 0.1) is 0 Å². The third-order valence-corrected chi connectivity index (χ3v) is 2.67. The van der Waals surface area contributed by atoms with Crippen molar-refractivity contribution in [1.82, 2.24) is 0 Å². The van der Waals surface area contributed by atoms with Crippen molar-refractivity contribution >= 4 is 0 Å². The highest BCUT2D eigenvalue weighted by atomic mass is 19.4. The lowest BCUT2D eigenvalue weighted by atomic mass is 10.2. The number of rotatable bonds is 5. The summed E-state index contributed by atoms with van der Waals surface area (Å²) in [6.07, 6.45) is -4.69. The molecule has 21 heavy (non-hydrogen) atoms. The molecule has 0 saturated carbocycles. The standard InChI is InChI=1S/C15H13F3O3/c16-15(17,18)21-14-7-3-12(4-8-14)10-20-13-5-1-11(9-19)2-6-13/h1-8,19H,9-10H2. The first-order chi connectivity index (χ1) is 9.96. The molecule has 0 amide bonds. The molecule has 0 heterocycles. The van der Waals surface area contributed by atoms with Crippen LogP contribution in [-0.2, 0) is 13.2 Å². The van der Waals surface area contributed by atoms with Gasteiger partial charge in [0.2, 0.25) is 0 Å². The minimum absolute atomic E-state index is 0.0407. The van der Waals surface area contributed by atoms with Crippen LogP contribution in [0.1, 0.15) is 11.1 Å². The molecule has 2 rings (SSSR count). The molecule has 0 saturated heterocycles. The molecule has 112 valence electrons. The molecule has 2 aromatic rings. The number of aliphatic hydroxyl groups excluding tert-OH is 1. The lowest BCUT2D eigenvalue weighted by Gasteiger charge is -2.10. The van der Waals surface area contributed by atoms with Crippen LogP contribution in [0.4, 0.5) is 13.2 Å². The van der Waals surface area contributed by atoms with Crippen molar-refractivity contribution in [3.8, 4) is 11.5 Å². The van der Waals surface area contributed by atoms with Crippen LogP contribution in [0.5, 0.6) is 11.5 Å². The highest BCUT2D eigenvalue weighted by molar-refractivity contribution is 5.29. The number of alkyl halides is 3. The second-order valence-electron chi connectivity index (χ2n) is 4.28. The Hall–Kier alpha value is -2.21. The molecule has 0 unspecified atom stereocenters. The van der Waals surface area contributed by atoms with Crippen LogP contribution in [0.15, 0.2) is 48.5 Å². The summed E-state index contributed by atoms with van der Waals surface area (Å²) in [7, 11) is 0. The molecule has 0 aliphatic heterocycles. The van der Waals surface area contributed by atoms with Gasteiger partial charge in [0.25, 0.3) is 0 Å². The van der Waals surface area contributed by atoms with E-state index in [9.17, 15) is 13.2 Å². The van der Waals surface area contributed by atoms with Gasteiger partial charge < -0.3 is 14.6 Å². The predicted molar refractivity (Wildman–Crippen MR) is 69.8 cm³/mol. The lowest BCUT2D eigenvalue weighted by Crippen LogP contribution is -2.17. The second kappa shape index (κ2) is 6.49. The normalized spacial score (nSPS) is 11.2. The number of hydrogen-bond donors (Lipinski definition) is 1. The zero-order chi connectivity index (χ0) is 15.3. The van der Waals surface area contributed by atoms with Crippen molar-refractivity contribution in [1.29, 1.82) is 0 Å². The van der Waals surface area contributed by atoms with E-state index in [1.165, 1.54) is 24.3 Å². The SMILES string of the molecule is OCc1ccc(OCc2ccc(OC(F)(F)F)cc2)cc1. The van der Waals surface area contributed by atoms with Crippen LogP contribution in [0.3, 0.4) is 0 Å². The van der Waals surface area contributed by atoms with Gasteiger partial charge in [0, 0.05) is 0 Å². The number of ether oxygens (including phenoxy) is 2. The van der Waals surface area contributed by atoms with E-state index >= 15 is 0 Å². The third kappa shape index (κ3) is 5.00. The monoisotopic (exact) mass is 298 g/mol. The Labute approximate surface area is 119 Å². The Kier molecular flexibility index (Phi) is 4.70. The quantitative estimate of drug-likeness (QED) is 0.915. The topological polar surface area (TPSA) is 38.7 Å². The zero-order valence-electron chi connectivity index (χ0n) is 10.9. The van der Waals surface area contributed by atoms with Crippen LogP contribution in [0.2, 0.25) is 0 Å². The van der Waals surface area contributed by atoms with E-state index in [-0.39, 0.29) is 19.0 Å². The van der Waals surface area contributed by atoms with Crippen LogP contribution in [0.25, 0.3) is 0 Å². The fourth-order valence-corrected chi connectivity index (χ4v) is 1.65. The molecular weight excluding hydrogens is 285 g/mol. The fraction of sp³-hybridized carbons (Fsp3) is 0.200. The summed E-state index contributed by atoms with van der Waals surface area (Å²) in [6.45, 7) is 0.186. The van der Waals surface area contributed by atoms with E-state index in [4.69, 9.17) is 9.84 Å². The molecule has 0 aromatic heterocycles. The smallest absolute Gasteiger partial charge is 0.489 e. The fourth-order valence-electron chi connectivity index (χ4n) is 1.65.